The molecule has 2 aromatic carbocycles. The second-order valence-corrected chi connectivity index (χ2v) is 9.49. The Morgan fingerprint density at radius 3 is 2.61 bits per heavy atom. The molecule has 1 amide bonds. The molecule has 1 N–H and O–H groups in total. The lowest BCUT2D eigenvalue weighted by Crippen LogP contribution is -2.26. The van der Waals surface area contributed by atoms with Crippen LogP contribution in [-0.2, 0) is 17.6 Å². The zero-order chi connectivity index (χ0) is 21.8. The van der Waals surface area contributed by atoms with Crippen LogP contribution in [0.1, 0.15) is 52.2 Å². The third-order valence-corrected chi connectivity index (χ3v) is 7.52. The number of amides is 1. The number of nitrogens with one attached hydrogen (secondary N) is 1. The fraction of sp³-hybridized carbons (Fsp3) is 0.308. The van der Waals surface area contributed by atoms with E-state index in [0.717, 1.165) is 31.2 Å². The van der Waals surface area contributed by atoms with Gasteiger partial charge in [-0.05, 0) is 77.3 Å². The number of carbonyl (C=O) groups excluding carboxylic acids is 2. The summed E-state index contributed by atoms with van der Waals surface area (Å²) in [4.78, 5) is 24.8. The van der Waals surface area contributed by atoms with E-state index < -0.39 is 0 Å². The highest BCUT2D eigenvalue weighted by atomic mass is 32.1. The van der Waals surface area contributed by atoms with E-state index in [4.69, 9.17) is 0 Å². The van der Waals surface area contributed by atoms with Crippen LogP contribution >= 0.6 is 24.0 Å². The molecule has 0 saturated heterocycles. The van der Waals surface area contributed by atoms with Gasteiger partial charge in [0.05, 0.1) is 5.92 Å². The van der Waals surface area contributed by atoms with Crippen molar-refractivity contribution in [3.63, 3.8) is 0 Å². The molecule has 0 bridgehead atoms. The van der Waals surface area contributed by atoms with Crippen LogP contribution in [0.5, 0.6) is 0 Å². The van der Waals surface area contributed by atoms with Gasteiger partial charge in [-0.15, -0.1) is 30.5 Å². The van der Waals surface area contributed by atoms with E-state index in [2.05, 4.69) is 42.0 Å². The van der Waals surface area contributed by atoms with Crippen molar-refractivity contribution in [3.05, 3.63) is 82.8 Å². The van der Waals surface area contributed by atoms with Crippen molar-refractivity contribution in [3.8, 4) is 0 Å². The number of rotatable bonds is 9. The SMILES string of the molecule is C=CCc1c(C(C(=O)S)C2CCC2)ccc2scc(CCNC(=O)c3ccccc3)c12. The second-order valence-electron chi connectivity index (χ2n) is 8.14. The molecule has 160 valence electrons. The van der Waals surface area contributed by atoms with Gasteiger partial charge >= 0.3 is 0 Å². The summed E-state index contributed by atoms with van der Waals surface area (Å²) in [5.41, 5.74) is 4.18. The van der Waals surface area contributed by atoms with Crippen LogP contribution < -0.4 is 5.32 Å². The summed E-state index contributed by atoms with van der Waals surface area (Å²) in [5.74, 6) is 0.179. The van der Waals surface area contributed by atoms with Gasteiger partial charge in [-0.3, -0.25) is 9.59 Å². The molecule has 1 atom stereocenters. The Morgan fingerprint density at radius 2 is 1.97 bits per heavy atom. The summed E-state index contributed by atoms with van der Waals surface area (Å²) in [5, 5.41) is 6.38. The molecule has 3 aromatic rings. The third-order valence-electron chi connectivity index (χ3n) is 6.25. The Hall–Kier alpha value is -2.37. The van der Waals surface area contributed by atoms with Crippen LogP contribution in [0.2, 0.25) is 0 Å². The average Bonchev–Trinajstić information content (AvgIpc) is 3.15. The first kappa shape index (κ1) is 21.8. The first-order valence-electron chi connectivity index (χ1n) is 10.8. The van der Waals surface area contributed by atoms with Crippen molar-refractivity contribution in [2.24, 2.45) is 5.92 Å². The second kappa shape index (κ2) is 9.84. The minimum absolute atomic E-state index is 0.0405. The number of thiol groups is 1. The van der Waals surface area contributed by atoms with Gasteiger partial charge in [0.15, 0.2) is 5.12 Å². The van der Waals surface area contributed by atoms with Crippen molar-refractivity contribution in [2.45, 2.75) is 38.0 Å². The summed E-state index contributed by atoms with van der Waals surface area (Å²) in [6, 6.07) is 13.5. The molecule has 1 unspecified atom stereocenters. The first-order valence-corrected chi connectivity index (χ1v) is 12.1. The summed E-state index contributed by atoms with van der Waals surface area (Å²) in [6.07, 6.45) is 6.74. The fourth-order valence-corrected chi connectivity index (χ4v) is 5.86. The van der Waals surface area contributed by atoms with Crippen LogP contribution in [0.3, 0.4) is 0 Å². The Labute approximate surface area is 193 Å². The van der Waals surface area contributed by atoms with Gasteiger partial charge in [-0.1, -0.05) is 36.8 Å². The highest BCUT2D eigenvalue weighted by Gasteiger charge is 2.34. The molecule has 1 heterocycles. The largest absolute Gasteiger partial charge is 0.352 e. The standard InChI is InChI=1S/C26H27NO2S2/c1-2-7-20-21(24(26(29)30)17-10-6-11-17)12-13-22-23(20)19(16-31-22)14-15-27-25(28)18-8-4-3-5-9-18/h2-5,8-9,12-13,16-17,24H,1,6-7,10-11,14-15H2,(H,27,28)(H,29,30). The fourth-order valence-electron chi connectivity index (χ4n) is 4.49. The van der Waals surface area contributed by atoms with Gasteiger partial charge in [0.1, 0.15) is 0 Å². The Kier molecular flexibility index (Phi) is 6.93. The topological polar surface area (TPSA) is 46.2 Å². The van der Waals surface area contributed by atoms with Crippen LogP contribution in [0, 0.1) is 5.92 Å². The van der Waals surface area contributed by atoms with Gasteiger partial charge in [-0.25, -0.2) is 0 Å². The summed E-state index contributed by atoms with van der Waals surface area (Å²) in [6.45, 7) is 4.53. The molecule has 1 saturated carbocycles. The highest BCUT2D eigenvalue weighted by Crippen LogP contribution is 2.44. The molecule has 1 aliphatic rings. The lowest BCUT2D eigenvalue weighted by atomic mass is 9.72. The quantitative estimate of drug-likeness (QED) is 0.314. The number of fused-ring (bicyclic) bond motifs is 1. The van der Waals surface area contributed by atoms with E-state index >= 15 is 0 Å². The molecule has 1 aromatic heterocycles. The molecule has 1 aliphatic carbocycles. The van der Waals surface area contributed by atoms with Crippen molar-refractivity contribution < 1.29 is 9.59 Å². The van der Waals surface area contributed by atoms with Gasteiger partial charge in [0.25, 0.3) is 5.91 Å². The zero-order valence-corrected chi connectivity index (χ0v) is 19.2. The Morgan fingerprint density at radius 1 is 1.19 bits per heavy atom. The maximum Gasteiger partial charge on any atom is 0.251 e. The summed E-state index contributed by atoms with van der Waals surface area (Å²) >= 11 is 5.97. The molecule has 1 fully saturated rings. The molecule has 0 aliphatic heterocycles. The number of hydrogen-bond acceptors (Lipinski definition) is 3. The van der Waals surface area contributed by atoms with E-state index in [1.165, 1.54) is 27.6 Å². The monoisotopic (exact) mass is 449 g/mol. The van der Waals surface area contributed by atoms with Crippen molar-refractivity contribution >= 4 is 45.1 Å². The maximum atomic E-state index is 12.5. The van der Waals surface area contributed by atoms with Gasteiger partial charge < -0.3 is 5.32 Å². The minimum Gasteiger partial charge on any atom is -0.352 e. The van der Waals surface area contributed by atoms with Crippen LogP contribution in [0.15, 0.2) is 60.5 Å². The third kappa shape index (κ3) is 4.63. The highest BCUT2D eigenvalue weighted by molar-refractivity contribution is 7.96. The van der Waals surface area contributed by atoms with E-state index in [-0.39, 0.29) is 16.9 Å². The van der Waals surface area contributed by atoms with E-state index in [1.54, 1.807) is 11.3 Å². The van der Waals surface area contributed by atoms with Crippen LogP contribution in [0.25, 0.3) is 10.1 Å². The first-order chi connectivity index (χ1) is 15.1. The van der Waals surface area contributed by atoms with Crippen molar-refractivity contribution in [1.82, 2.24) is 5.32 Å². The molecule has 31 heavy (non-hydrogen) atoms. The predicted molar refractivity (Wildman–Crippen MR) is 132 cm³/mol. The predicted octanol–water partition coefficient (Wildman–Crippen LogP) is 5.94. The number of thiophene rings is 1. The van der Waals surface area contributed by atoms with E-state index in [0.29, 0.717) is 18.0 Å². The number of carbonyl (C=O) groups is 2. The minimum atomic E-state index is -0.151. The van der Waals surface area contributed by atoms with Gasteiger partial charge in [0.2, 0.25) is 0 Å². The van der Waals surface area contributed by atoms with Crippen LogP contribution in [-0.4, -0.2) is 17.6 Å². The van der Waals surface area contributed by atoms with E-state index in [9.17, 15) is 9.59 Å². The molecule has 0 radical (unpaired) electrons. The molecule has 4 rings (SSSR count). The molecule has 0 spiro atoms. The molecule has 5 heteroatoms. The summed E-state index contributed by atoms with van der Waals surface area (Å²) < 4.78 is 1.21. The van der Waals surface area contributed by atoms with E-state index in [1.807, 2.05) is 36.4 Å². The smallest absolute Gasteiger partial charge is 0.251 e. The lowest BCUT2D eigenvalue weighted by Gasteiger charge is -2.33. The average molecular weight is 450 g/mol. The lowest BCUT2D eigenvalue weighted by molar-refractivity contribution is -0.113. The number of allylic oxidation sites excluding steroid dienone is 1. The number of benzene rings is 2. The van der Waals surface area contributed by atoms with Gasteiger partial charge in [0, 0.05) is 16.8 Å². The van der Waals surface area contributed by atoms with Crippen molar-refractivity contribution in [1.29, 1.82) is 0 Å². The normalized spacial score (nSPS) is 14.7. The van der Waals surface area contributed by atoms with Gasteiger partial charge in [-0.2, -0.15) is 0 Å². The Balaban J connectivity index is 1.61. The molecular weight excluding hydrogens is 422 g/mol. The molecular formula is C26H27NO2S2. The number of hydrogen-bond donors (Lipinski definition) is 2. The van der Waals surface area contributed by atoms with Crippen molar-refractivity contribution in [2.75, 3.05) is 6.54 Å². The Bertz CT molecular complexity index is 1100. The molecule has 3 nitrogen and oxygen atoms in total. The summed E-state index contributed by atoms with van der Waals surface area (Å²) in [7, 11) is 0. The maximum absolute atomic E-state index is 12.5. The zero-order valence-electron chi connectivity index (χ0n) is 17.5. The van der Waals surface area contributed by atoms with Crippen LogP contribution in [0.4, 0.5) is 0 Å².